The lowest BCUT2D eigenvalue weighted by Gasteiger charge is -2.14. The third-order valence-electron chi connectivity index (χ3n) is 6.46. The third kappa shape index (κ3) is 2.70. The average Bonchev–Trinajstić information content (AvgIpc) is 3.12. The number of aromatic nitrogens is 1. The van der Waals surface area contributed by atoms with E-state index in [1.165, 1.54) is 60.5 Å². The Morgan fingerprint density at radius 2 is 1.19 bits per heavy atom. The maximum atomic E-state index is 2.44. The summed E-state index contributed by atoms with van der Waals surface area (Å²) in [6.45, 7) is 4.42. The van der Waals surface area contributed by atoms with Gasteiger partial charge in [0.2, 0.25) is 0 Å². The van der Waals surface area contributed by atoms with Crippen LogP contribution >= 0.6 is 0 Å². The lowest BCUT2D eigenvalue weighted by Crippen LogP contribution is -1.96. The molecule has 1 heterocycles. The second-order valence-corrected chi connectivity index (χ2v) is 8.35. The second kappa shape index (κ2) is 6.85. The summed E-state index contributed by atoms with van der Waals surface area (Å²) in [6.07, 6.45) is 0. The van der Waals surface area contributed by atoms with E-state index in [2.05, 4.69) is 122 Å². The first kappa shape index (κ1) is 18.0. The molecule has 0 unspecified atom stereocenters. The SMILES string of the molecule is Cc1ccccc1-c1cc2c(cc1C)c1ccccc1n2-c1cccc2ccccc12. The second-order valence-electron chi connectivity index (χ2n) is 8.35. The van der Waals surface area contributed by atoms with E-state index in [1.807, 2.05) is 0 Å². The Labute approximate surface area is 182 Å². The van der Waals surface area contributed by atoms with E-state index in [4.69, 9.17) is 0 Å². The molecule has 0 bridgehead atoms. The highest BCUT2D eigenvalue weighted by Gasteiger charge is 2.16. The van der Waals surface area contributed by atoms with Gasteiger partial charge in [0.25, 0.3) is 0 Å². The van der Waals surface area contributed by atoms with E-state index >= 15 is 0 Å². The highest BCUT2D eigenvalue weighted by atomic mass is 15.0. The monoisotopic (exact) mass is 397 g/mol. The van der Waals surface area contributed by atoms with E-state index in [-0.39, 0.29) is 0 Å². The molecular weight excluding hydrogens is 374 g/mol. The van der Waals surface area contributed by atoms with Crippen LogP contribution < -0.4 is 0 Å². The maximum Gasteiger partial charge on any atom is 0.0547 e. The summed E-state index contributed by atoms with van der Waals surface area (Å²) in [5.74, 6) is 0. The zero-order chi connectivity index (χ0) is 20.9. The molecule has 0 N–H and O–H groups in total. The van der Waals surface area contributed by atoms with Crippen LogP contribution in [0.1, 0.15) is 11.1 Å². The Morgan fingerprint density at radius 1 is 0.484 bits per heavy atom. The Morgan fingerprint density at radius 3 is 2.06 bits per heavy atom. The summed E-state index contributed by atoms with van der Waals surface area (Å²) in [5, 5.41) is 5.13. The van der Waals surface area contributed by atoms with E-state index in [0.29, 0.717) is 0 Å². The van der Waals surface area contributed by atoms with Crippen molar-refractivity contribution >= 4 is 32.6 Å². The molecule has 0 aliphatic carbocycles. The number of nitrogens with zero attached hydrogens (tertiary/aromatic N) is 1. The van der Waals surface area contributed by atoms with Crippen molar-refractivity contribution in [3.05, 3.63) is 114 Å². The van der Waals surface area contributed by atoms with Gasteiger partial charge in [0, 0.05) is 16.2 Å². The van der Waals surface area contributed by atoms with Gasteiger partial charge in [0.1, 0.15) is 0 Å². The molecule has 0 spiro atoms. The highest BCUT2D eigenvalue weighted by Crippen LogP contribution is 2.38. The largest absolute Gasteiger partial charge is 0.309 e. The number of para-hydroxylation sites is 1. The third-order valence-corrected chi connectivity index (χ3v) is 6.46. The van der Waals surface area contributed by atoms with Crippen LogP contribution in [0.15, 0.2) is 103 Å². The molecule has 0 saturated carbocycles. The fourth-order valence-corrected chi connectivity index (χ4v) is 4.95. The van der Waals surface area contributed by atoms with Crippen LogP contribution in [0.5, 0.6) is 0 Å². The minimum Gasteiger partial charge on any atom is -0.309 e. The first-order valence-electron chi connectivity index (χ1n) is 10.8. The van der Waals surface area contributed by atoms with E-state index < -0.39 is 0 Å². The van der Waals surface area contributed by atoms with E-state index in [1.54, 1.807) is 0 Å². The van der Waals surface area contributed by atoms with Gasteiger partial charge in [-0.25, -0.2) is 0 Å². The van der Waals surface area contributed by atoms with Gasteiger partial charge in [-0.1, -0.05) is 78.9 Å². The van der Waals surface area contributed by atoms with Crippen LogP contribution in [-0.4, -0.2) is 4.57 Å². The molecule has 31 heavy (non-hydrogen) atoms. The average molecular weight is 398 g/mol. The van der Waals surface area contributed by atoms with Crippen molar-refractivity contribution in [1.29, 1.82) is 0 Å². The summed E-state index contributed by atoms with van der Waals surface area (Å²) in [6, 6.07) is 37.4. The molecule has 1 aromatic heterocycles. The van der Waals surface area contributed by atoms with Gasteiger partial charge in [-0.05, 0) is 65.8 Å². The Balaban J connectivity index is 1.78. The minimum absolute atomic E-state index is 1.23. The summed E-state index contributed by atoms with van der Waals surface area (Å²) in [7, 11) is 0. The normalized spacial score (nSPS) is 11.5. The topological polar surface area (TPSA) is 4.93 Å². The maximum absolute atomic E-state index is 2.44. The highest BCUT2D eigenvalue weighted by molar-refractivity contribution is 6.12. The van der Waals surface area contributed by atoms with Gasteiger partial charge >= 0.3 is 0 Å². The first-order chi connectivity index (χ1) is 15.2. The van der Waals surface area contributed by atoms with Gasteiger partial charge in [-0.2, -0.15) is 0 Å². The molecule has 148 valence electrons. The fourth-order valence-electron chi connectivity index (χ4n) is 4.95. The first-order valence-corrected chi connectivity index (χ1v) is 10.8. The van der Waals surface area contributed by atoms with E-state index in [0.717, 1.165) is 0 Å². The molecular formula is C30H23N. The van der Waals surface area contributed by atoms with Crippen molar-refractivity contribution in [2.75, 3.05) is 0 Å². The van der Waals surface area contributed by atoms with Gasteiger partial charge in [0.05, 0.1) is 16.7 Å². The molecule has 0 atom stereocenters. The molecule has 1 nitrogen and oxygen atoms in total. The van der Waals surface area contributed by atoms with Crippen molar-refractivity contribution in [3.63, 3.8) is 0 Å². The smallest absolute Gasteiger partial charge is 0.0547 e. The van der Waals surface area contributed by atoms with Gasteiger partial charge in [0.15, 0.2) is 0 Å². The van der Waals surface area contributed by atoms with Crippen LogP contribution in [-0.2, 0) is 0 Å². The predicted octanol–water partition coefficient (Wildman–Crippen LogP) is 8.22. The number of rotatable bonds is 2. The van der Waals surface area contributed by atoms with E-state index in [9.17, 15) is 0 Å². The van der Waals surface area contributed by atoms with Crippen molar-refractivity contribution in [1.82, 2.24) is 4.57 Å². The standard InChI is InChI=1S/C30H23N/c1-20-10-3-5-13-23(20)26-19-30-27(18-21(26)2)25-15-7-8-16-29(25)31(30)28-17-9-12-22-11-4-6-14-24(22)28/h3-19H,1-2H3. The number of hydrogen-bond acceptors (Lipinski definition) is 0. The van der Waals surface area contributed by atoms with Crippen LogP contribution in [0.3, 0.4) is 0 Å². The minimum atomic E-state index is 1.23. The van der Waals surface area contributed by atoms with Gasteiger partial charge in [-0.3, -0.25) is 0 Å². The van der Waals surface area contributed by atoms with Crippen LogP contribution in [0.25, 0.3) is 49.4 Å². The van der Waals surface area contributed by atoms with Crippen LogP contribution in [0.2, 0.25) is 0 Å². The number of hydrogen-bond donors (Lipinski definition) is 0. The zero-order valence-electron chi connectivity index (χ0n) is 17.8. The molecule has 1 heteroatoms. The Bertz CT molecular complexity index is 1590. The van der Waals surface area contributed by atoms with Crippen molar-refractivity contribution < 1.29 is 0 Å². The summed E-state index contributed by atoms with van der Waals surface area (Å²) in [4.78, 5) is 0. The lowest BCUT2D eigenvalue weighted by molar-refractivity contribution is 1.20. The zero-order valence-corrected chi connectivity index (χ0v) is 17.8. The molecule has 6 aromatic rings. The molecule has 0 amide bonds. The number of aryl methyl sites for hydroxylation is 2. The Hall–Kier alpha value is -3.84. The molecule has 0 aliphatic rings. The fraction of sp³-hybridized carbons (Fsp3) is 0.0667. The molecule has 6 rings (SSSR count). The van der Waals surface area contributed by atoms with Gasteiger partial charge in [-0.15, -0.1) is 0 Å². The van der Waals surface area contributed by atoms with Gasteiger partial charge < -0.3 is 4.57 Å². The number of fused-ring (bicyclic) bond motifs is 4. The summed E-state index contributed by atoms with van der Waals surface area (Å²) >= 11 is 0. The molecule has 0 saturated heterocycles. The van der Waals surface area contributed by atoms with Crippen molar-refractivity contribution in [2.45, 2.75) is 13.8 Å². The molecule has 0 aliphatic heterocycles. The number of benzene rings is 5. The predicted molar refractivity (Wildman–Crippen MR) is 133 cm³/mol. The molecule has 5 aromatic carbocycles. The summed E-state index contributed by atoms with van der Waals surface area (Å²) in [5.41, 5.74) is 8.94. The lowest BCUT2D eigenvalue weighted by atomic mass is 9.95. The van der Waals surface area contributed by atoms with Crippen molar-refractivity contribution in [2.24, 2.45) is 0 Å². The Kier molecular flexibility index (Phi) is 3.97. The molecule has 0 radical (unpaired) electrons. The van der Waals surface area contributed by atoms with Crippen LogP contribution in [0.4, 0.5) is 0 Å². The van der Waals surface area contributed by atoms with Crippen LogP contribution in [0, 0.1) is 13.8 Å². The molecule has 0 fully saturated rings. The van der Waals surface area contributed by atoms with Crippen molar-refractivity contribution in [3.8, 4) is 16.8 Å². The summed E-state index contributed by atoms with van der Waals surface area (Å²) < 4.78 is 2.44. The quantitative estimate of drug-likeness (QED) is 0.277.